The molecule has 3 heterocycles. The van der Waals surface area contributed by atoms with Crippen molar-refractivity contribution in [3.05, 3.63) is 72.3 Å². The van der Waals surface area contributed by atoms with E-state index in [2.05, 4.69) is 25.6 Å². The van der Waals surface area contributed by atoms with Crippen molar-refractivity contribution < 1.29 is 13.9 Å². The molecule has 9 heteroatoms. The summed E-state index contributed by atoms with van der Waals surface area (Å²) in [6, 6.07) is 12.7. The summed E-state index contributed by atoms with van der Waals surface area (Å²) in [4.78, 5) is 15.8. The molecule has 0 saturated carbocycles. The number of hydrogen-bond donors (Lipinski definition) is 1. The molecule has 140 valence electrons. The fourth-order valence-electron chi connectivity index (χ4n) is 2.58. The Morgan fingerprint density at radius 2 is 1.96 bits per heavy atom. The van der Waals surface area contributed by atoms with Gasteiger partial charge < -0.3 is 10.1 Å². The second kappa shape index (κ2) is 7.78. The molecule has 1 amide bonds. The third-order valence-corrected chi connectivity index (χ3v) is 3.90. The topological polar surface area (TPSA) is 94.3 Å². The Labute approximate surface area is 159 Å². The van der Waals surface area contributed by atoms with Gasteiger partial charge in [-0.05, 0) is 30.3 Å². The highest BCUT2D eigenvalue weighted by molar-refractivity contribution is 5.93. The number of aromatic nitrogens is 5. The van der Waals surface area contributed by atoms with Gasteiger partial charge in [0.1, 0.15) is 12.4 Å². The lowest BCUT2D eigenvalue weighted by atomic mass is 10.2. The molecule has 4 aromatic rings. The minimum Gasteiger partial charge on any atom is -0.475 e. The fourth-order valence-corrected chi connectivity index (χ4v) is 2.58. The number of rotatable bonds is 6. The van der Waals surface area contributed by atoms with Crippen LogP contribution in [-0.2, 0) is 0 Å². The molecule has 0 radical (unpaired) electrons. The molecule has 0 spiro atoms. The number of ether oxygens (including phenoxy) is 1. The van der Waals surface area contributed by atoms with E-state index < -0.39 is 0 Å². The van der Waals surface area contributed by atoms with Crippen molar-refractivity contribution in [1.82, 2.24) is 30.1 Å². The van der Waals surface area contributed by atoms with Crippen molar-refractivity contribution in [1.29, 1.82) is 0 Å². The molecule has 0 fully saturated rings. The van der Waals surface area contributed by atoms with Gasteiger partial charge in [0.2, 0.25) is 5.88 Å². The van der Waals surface area contributed by atoms with E-state index in [4.69, 9.17) is 4.74 Å². The molecule has 1 N–H and O–H groups in total. The molecule has 0 aliphatic rings. The smallest absolute Gasteiger partial charge is 0.251 e. The van der Waals surface area contributed by atoms with E-state index in [0.29, 0.717) is 35.0 Å². The maximum atomic E-state index is 13.5. The van der Waals surface area contributed by atoms with Crippen molar-refractivity contribution in [2.24, 2.45) is 0 Å². The lowest BCUT2D eigenvalue weighted by Crippen LogP contribution is -2.28. The highest BCUT2D eigenvalue weighted by Gasteiger charge is 2.11. The van der Waals surface area contributed by atoms with Crippen LogP contribution >= 0.6 is 0 Å². The number of fused-ring (bicyclic) bond motifs is 1. The first kappa shape index (κ1) is 17.5. The highest BCUT2D eigenvalue weighted by atomic mass is 19.1. The Balaban J connectivity index is 1.42. The summed E-state index contributed by atoms with van der Waals surface area (Å²) >= 11 is 0. The average Bonchev–Trinajstić information content (AvgIpc) is 3.15. The van der Waals surface area contributed by atoms with Crippen molar-refractivity contribution in [2.45, 2.75) is 0 Å². The number of benzene rings is 1. The molecule has 0 aliphatic carbocycles. The lowest BCUT2D eigenvalue weighted by molar-refractivity contribution is 0.0946. The maximum absolute atomic E-state index is 13.5. The van der Waals surface area contributed by atoms with Crippen LogP contribution in [0.15, 0.2) is 60.9 Å². The summed E-state index contributed by atoms with van der Waals surface area (Å²) in [5.74, 6) is 0.169. The van der Waals surface area contributed by atoms with Crippen LogP contribution in [0.5, 0.6) is 5.88 Å². The van der Waals surface area contributed by atoms with Crippen LogP contribution in [0, 0.1) is 5.82 Å². The molecule has 0 aliphatic heterocycles. The van der Waals surface area contributed by atoms with E-state index >= 15 is 0 Å². The van der Waals surface area contributed by atoms with Crippen molar-refractivity contribution in [3.63, 3.8) is 0 Å². The van der Waals surface area contributed by atoms with Crippen LogP contribution in [0.4, 0.5) is 4.39 Å². The molecule has 3 aromatic heterocycles. The summed E-state index contributed by atoms with van der Waals surface area (Å²) in [7, 11) is 0. The van der Waals surface area contributed by atoms with E-state index in [0.717, 1.165) is 0 Å². The summed E-state index contributed by atoms with van der Waals surface area (Å²) in [6.07, 6.45) is 3.11. The average molecular weight is 378 g/mol. The number of hydrogen-bond acceptors (Lipinski definition) is 6. The van der Waals surface area contributed by atoms with Crippen molar-refractivity contribution in [3.8, 4) is 17.3 Å². The zero-order chi connectivity index (χ0) is 19.3. The Morgan fingerprint density at radius 1 is 1.11 bits per heavy atom. The third kappa shape index (κ3) is 3.78. The molecule has 0 atom stereocenters. The predicted octanol–water partition coefficient (Wildman–Crippen LogP) is 2.13. The fraction of sp³-hybridized carbons (Fsp3) is 0.105. The summed E-state index contributed by atoms with van der Waals surface area (Å²) in [6.45, 7) is 0.534. The van der Waals surface area contributed by atoms with Crippen LogP contribution in [0.3, 0.4) is 0 Å². The SMILES string of the molecule is O=C(NCCOc1ccc2nnc(-c3cccc(F)c3)n2n1)c1ccncc1. The third-order valence-electron chi connectivity index (χ3n) is 3.90. The summed E-state index contributed by atoms with van der Waals surface area (Å²) in [5, 5.41) is 15.2. The maximum Gasteiger partial charge on any atom is 0.251 e. The number of nitrogens with zero attached hydrogens (tertiary/aromatic N) is 5. The van der Waals surface area contributed by atoms with Gasteiger partial charge in [0.25, 0.3) is 5.91 Å². The zero-order valence-electron chi connectivity index (χ0n) is 14.6. The Bertz CT molecular complexity index is 1120. The molecular formula is C19H15FN6O2. The Hall–Kier alpha value is -3.88. The molecule has 1 aromatic carbocycles. The van der Waals surface area contributed by atoms with Crippen molar-refractivity contribution in [2.75, 3.05) is 13.2 Å². The van der Waals surface area contributed by atoms with Crippen LogP contribution in [-0.4, -0.2) is 43.9 Å². The van der Waals surface area contributed by atoms with E-state index in [1.54, 1.807) is 48.8 Å². The van der Waals surface area contributed by atoms with Crippen LogP contribution in [0.1, 0.15) is 10.4 Å². The standard InChI is InChI=1S/C19H15FN6O2/c20-15-3-1-2-14(12-15)18-24-23-16-4-5-17(25-26(16)18)28-11-10-22-19(27)13-6-8-21-9-7-13/h1-9,12H,10-11H2,(H,22,27). The minimum absolute atomic E-state index is 0.207. The summed E-state index contributed by atoms with van der Waals surface area (Å²) in [5.41, 5.74) is 1.60. The predicted molar refractivity (Wildman–Crippen MR) is 98.2 cm³/mol. The van der Waals surface area contributed by atoms with E-state index in [1.807, 2.05) is 0 Å². The molecule has 0 unspecified atom stereocenters. The van der Waals surface area contributed by atoms with Crippen LogP contribution in [0.25, 0.3) is 17.0 Å². The molecule has 0 saturated heterocycles. The van der Waals surface area contributed by atoms with E-state index in [1.165, 1.54) is 16.6 Å². The first-order valence-corrected chi connectivity index (χ1v) is 8.50. The second-order valence-electron chi connectivity index (χ2n) is 5.82. The van der Waals surface area contributed by atoms with Gasteiger partial charge in [0, 0.05) is 29.6 Å². The zero-order valence-corrected chi connectivity index (χ0v) is 14.6. The first-order chi connectivity index (χ1) is 13.7. The van der Waals surface area contributed by atoms with Gasteiger partial charge >= 0.3 is 0 Å². The van der Waals surface area contributed by atoms with E-state index in [9.17, 15) is 9.18 Å². The minimum atomic E-state index is -0.369. The largest absolute Gasteiger partial charge is 0.475 e. The lowest BCUT2D eigenvalue weighted by Gasteiger charge is -2.07. The molecule has 8 nitrogen and oxygen atoms in total. The highest BCUT2D eigenvalue weighted by Crippen LogP contribution is 2.19. The number of carbonyl (C=O) groups is 1. The molecule has 0 bridgehead atoms. The second-order valence-corrected chi connectivity index (χ2v) is 5.82. The van der Waals surface area contributed by atoms with Crippen LogP contribution < -0.4 is 10.1 Å². The summed E-state index contributed by atoms with van der Waals surface area (Å²) < 4.78 is 20.6. The van der Waals surface area contributed by atoms with Gasteiger partial charge in [-0.3, -0.25) is 9.78 Å². The molecular weight excluding hydrogens is 363 g/mol. The van der Waals surface area contributed by atoms with Gasteiger partial charge in [-0.2, -0.15) is 4.52 Å². The number of nitrogens with one attached hydrogen (secondary N) is 1. The quantitative estimate of drug-likeness (QED) is 0.517. The van der Waals surface area contributed by atoms with Crippen molar-refractivity contribution >= 4 is 11.6 Å². The number of amides is 1. The normalized spacial score (nSPS) is 10.8. The molecule has 28 heavy (non-hydrogen) atoms. The Kier molecular flexibility index (Phi) is 4.87. The van der Waals surface area contributed by atoms with Gasteiger partial charge in [-0.25, -0.2) is 4.39 Å². The van der Waals surface area contributed by atoms with Crippen LogP contribution in [0.2, 0.25) is 0 Å². The van der Waals surface area contributed by atoms with Gasteiger partial charge in [0.05, 0.1) is 6.54 Å². The Morgan fingerprint density at radius 3 is 2.79 bits per heavy atom. The molecule has 4 rings (SSSR count). The number of pyridine rings is 1. The van der Waals surface area contributed by atoms with Gasteiger partial charge in [-0.15, -0.1) is 15.3 Å². The number of carbonyl (C=O) groups excluding carboxylic acids is 1. The van der Waals surface area contributed by atoms with E-state index in [-0.39, 0.29) is 18.3 Å². The van der Waals surface area contributed by atoms with Gasteiger partial charge in [-0.1, -0.05) is 12.1 Å². The van der Waals surface area contributed by atoms with Gasteiger partial charge in [0.15, 0.2) is 11.5 Å². The monoisotopic (exact) mass is 378 g/mol. The number of halogens is 1. The first-order valence-electron chi connectivity index (χ1n) is 8.50.